The van der Waals surface area contributed by atoms with Gasteiger partial charge < -0.3 is 5.32 Å². The third kappa shape index (κ3) is 3.61. The van der Waals surface area contributed by atoms with Crippen LogP contribution in [0.3, 0.4) is 0 Å². The van der Waals surface area contributed by atoms with Crippen LogP contribution in [-0.2, 0) is 0 Å². The number of hydrogen-bond acceptors (Lipinski definition) is 1. The molecule has 0 aromatic rings. The van der Waals surface area contributed by atoms with Gasteiger partial charge in [0.1, 0.15) is 0 Å². The van der Waals surface area contributed by atoms with Crippen molar-refractivity contribution in [1.82, 2.24) is 5.32 Å². The molecule has 1 aliphatic rings. The van der Waals surface area contributed by atoms with E-state index in [4.69, 9.17) is 0 Å². The van der Waals surface area contributed by atoms with Crippen LogP contribution in [0.1, 0.15) is 65.7 Å². The molecule has 0 amide bonds. The molecule has 1 heterocycles. The molecule has 0 radical (unpaired) electrons. The fourth-order valence-corrected chi connectivity index (χ4v) is 2.85. The standard InChI is InChI=1S/C13H27N/c1-4-5-6-8-13(11-12(2)3)9-7-10-14-13/h12,14H,4-11H2,1-3H3. The zero-order valence-electron chi connectivity index (χ0n) is 10.2. The quantitative estimate of drug-likeness (QED) is 0.640. The Labute approximate surface area is 89.7 Å². The summed E-state index contributed by atoms with van der Waals surface area (Å²) in [5.74, 6) is 0.835. The van der Waals surface area contributed by atoms with E-state index in [1.165, 1.54) is 51.5 Å². The van der Waals surface area contributed by atoms with Gasteiger partial charge in [0.2, 0.25) is 0 Å². The lowest BCUT2D eigenvalue weighted by molar-refractivity contribution is 0.275. The second-order valence-corrected chi connectivity index (χ2v) is 5.37. The van der Waals surface area contributed by atoms with E-state index in [0.717, 1.165) is 5.92 Å². The highest BCUT2D eigenvalue weighted by Gasteiger charge is 2.32. The molecule has 1 nitrogen and oxygen atoms in total. The van der Waals surface area contributed by atoms with Crippen molar-refractivity contribution >= 4 is 0 Å². The summed E-state index contributed by atoms with van der Waals surface area (Å²) in [5, 5.41) is 3.76. The first kappa shape index (κ1) is 12.0. The Morgan fingerprint density at radius 3 is 2.57 bits per heavy atom. The number of rotatable bonds is 6. The van der Waals surface area contributed by atoms with E-state index in [1.54, 1.807) is 0 Å². The van der Waals surface area contributed by atoms with Gasteiger partial charge in [-0.1, -0.05) is 40.0 Å². The number of hydrogen-bond donors (Lipinski definition) is 1. The Morgan fingerprint density at radius 2 is 2.07 bits per heavy atom. The highest BCUT2D eigenvalue weighted by Crippen LogP contribution is 2.31. The Hall–Kier alpha value is -0.0400. The minimum absolute atomic E-state index is 0.517. The van der Waals surface area contributed by atoms with Crippen LogP contribution < -0.4 is 5.32 Å². The van der Waals surface area contributed by atoms with Crippen LogP contribution in [0.25, 0.3) is 0 Å². The lowest BCUT2D eigenvalue weighted by atomic mass is 9.83. The molecule has 84 valence electrons. The summed E-state index contributed by atoms with van der Waals surface area (Å²) in [7, 11) is 0. The van der Waals surface area contributed by atoms with E-state index in [1.807, 2.05) is 0 Å². The van der Waals surface area contributed by atoms with Gasteiger partial charge in [0.05, 0.1) is 0 Å². The summed E-state index contributed by atoms with van der Waals surface area (Å²) in [6.07, 6.45) is 9.74. The minimum Gasteiger partial charge on any atom is -0.311 e. The summed E-state index contributed by atoms with van der Waals surface area (Å²) in [5.41, 5.74) is 0.517. The molecule has 1 rings (SSSR count). The van der Waals surface area contributed by atoms with Gasteiger partial charge >= 0.3 is 0 Å². The molecule has 1 aliphatic heterocycles. The molecular weight excluding hydrogens is 170 g/mol. The van der Waals surface area contributed by atoms with Gasteiger partial charge in [0.15, 0.2) is 0 Å². The Balaban J connectivity index is 2.36. The van der Waals surface area contributed by atoms with E-state index in [2.05, 4.69) is 26.1 Å². The monoisotopic (exact) mass is 197 g/mol. The largest absolute Gasteiger partial charge is 0.311 e. The summed E-state index contributed by atoms with van der Waals surface area (Å²) >= 11 is 0. The smallest absolute Gasteiger partial charge is 0.0184 e. The number of unbranched alkanes of at least 4 members (excludes halogenated alkanes) is 2. The van der Waals surface area contributed by atoms with Crippen LogP contribution >= 0.6 is 0 Å². The van der Waals surface area contributed by atoms with Gasteiger partial charge in [0, 0.05) is 5.54 Å². The molecule has 0 aliphatic carbocycles. The van der Waals surface area contributed by atoms with Gasteiger partial charge in [-0.05, 0) is 38.1 Å². The van der Waals surface area contributed by atoms with Gasteiger partial charge in [-0.25, -0.2) is 0 Å². The number of nitrogens with one attached hydrogen (secondary N) is 1. The zero-order valence-corrected chi connectivity index (χ0v) is 10.2. The van der Waals surface area contributed by atoms with Crippen molar-refractivity contribution in [3.05, 3.63) is 0 Å². The van der Waals surface area contributed by atoms with Gasteiger partial charge in [-0.2, -0.15) is 0 Å². The van der Waals surface area contributed by atoms with Crippen LogP contribution in [0.4, 0.5) is 0 Å². The Bertz CT molecular complexity index is 145. The van der Waals surface area contributed by atoms with Crippen molar-refractivity contribution in [2.75, 3.05) is 6.54 Å². The van der Waals surface area contributed by atoms with Crippen molar-refractivity contribution in [2.24, 2.45) is 5.92 Å². The van der Waals surface area contributed by atoms with E-state index in [9.17, 15) is 0 Å². The first-order valence-electron chi connectivity index (χ1n) is 6.43. The SMILES string of the molecule is CCCCCC1(CC(C)C)CCCN1. The molecule has 1 unspecified atom stereocenters. The van der Waals surface area contributed by atoms with E-state index >= 15 is 0 Å². The van der Waals surface area contributed by atoms with Gasteiger partial charge in [0.25, 0.3) is 0 Å². The summed E-state index contributed by atoms with van der Waals surface area (Å²) in [6.45, 7) is 8.24. The molecule has 1 N–H and O–H groups in total. The molecule has 0 saturated carbocycles. The summed E-state index contributed by atoms with van der Waals surface area (Å²) in [4.78, 5) is 0. The average Bonchev–Trinajstić information content (AvgIpc) is 2.53. The lowest BCUT2D eigenvalue weighted by Gasteiger charge is -2.31. The van der Waals surface area contributed by atoms with Crippen molar-refractivity contribution in [3.63, 3.8) is 0 Å². The Kier molecular flexibility index (Phi) is 4.94. The van der Waals surface area contributed by atoms with Crippen LogP contribution in [0.2, 0.25) is 0 Å². The Morgan fingerprint density at radius 1 is 1.29 bits per heavy atom. The van der Waals surface area contributed by atoms with Gasteiger partial charge in [-0.15, -0.1) is 0 Å². The maximum atomic E-state index is 3.76. The normalized spacial score (nSPS) is 27.4. The molecule has 1 saturated heterocycles. The third-order valence-electron chi connectivity index (χ3n) is 3.39. The van der Waals surface area contributed by atoms with Crippen LogP contribution in [-0.4, -0.2) is 12.1 Å². The fraction of sp³-hybridized carbons (Fsp3) is 1.00. The third-order valence-corrected chi connectivity index (χ3v) is 3.39. The first-order chi connectivity index (χ1) is 6.68. The van der Waals surface area contributed by atoms with Crippen molar-refractivity contribution in [1.29, 1.82) is 0 Å². The molecule has 0 spiro atoms. The highest BCUT2D eigenvalue weighted by molar-refractivity contribution is 4.93. The highest BCUT2D eigenvalue weighted by atomic mass is 15.0. The molecule has 14 heavy (non-hydrogen) atoms. The minimum atomic E-state index is 0.517. The van der Waals surface area contributed by atoms with E-state index < -0.39 is 0 Å². The second-order valence-electron chi connectivity index (χ2n) is 5.37. The predicted octanol–water partition coefficient (Wildman–Crippen LogP) is 3.74. The fourth-order valence-electron chi connectivity index (χ4n) is 2.85. The molecule has 0 aromatic carbocycles. The summed E-state index contributed by atoms with van der Waals surface area (Å²) < 4.78 is 0. The van der Waals surface area contributed by atoms with Crippen molar-refractivity contribution in [3.8, 4) is 0 Å². The van der Waals surface area contributed by atoms with Crippen LogP contribution in [0.5, 0.6) is 0 Å². The first-order valence-corrected chi connectivity index (χ1v) is 6.43. The molecule has 1 atom stereocenters. The van der Waals surface area contributed by atoms with E-state index in [-0.39, 0.29) is 0 Å². The molecule has 1 heteroatoms. The molecular formula is C13H27N. The summed E-state index contributed by atoms with van der Waals surface area (Å²) in [6, 6.07) is 0. The second kappa shape index (κ2) is 5.75. The predicted molar refractivity (Wildman–Crippen MR) is 63.6 cm³/mol. The van der Waals surface area contributed by atoms with Crippen LogP contribution in [0.15, 0.2) is 0 Å². The van der Waals surface area contributed by atoms with Gasteiger partial charge in [-0.3, -0.25) is 0 Å². The van der Waals surface area contributed by atoms with Crippen molar-refractivity contribution < 1.29 is 0 Å². The molecule has 0 bridgehead atoms. The lowest BCUT2D eigenvalue weighted by Crippen LogP contribution is -2.40. The van der Waals surface area contributed by atoms with Crippen LogP contribution in [0, 0.1) is 5.92 Å². The van der Waals surface area contributed by atoms with Crippen molar-refractivity contribution in [2.45, 2.75) is 71.3 Å². The topological polar surface area (TPSA) is 12.0 Å². The maximum Gasteiger partial charge on any atom is 0.0184 e. The zero-order chi connectivity index (χ0) is 10.4. The van der Waals surface area contributed by atoms with E-state index in [0.29, 0.717) is 5.54 Å². The average molecular weight is 197 g/mol. The molecule has 1 fully saturated rings. The molecule has 0 aromatic heterocycles. The maximum absolute atomic E-state index is 3.76.